The van der Waals surface area contributed by atoms with Gasteiger partial charge in [0.25, 0.3) is 0 Å². The van der Waals surface area contributed by atoms with Gasteiger partial charge in [-0.25, -0.2) is 0 Å². The van der Waals surface area contributed by atoms with Crippen LogP contribution in [0.1, 0.15) is 56.9 Å². The molecule has 2 aliphatic heterocycles. The Balaban J connectivity index is 0.00000208. The SMILES string of the molecule is CCC(C(=O)N1CCCCC1CN1CCCC1)c1ccccc1.Cl. The van der Waals surface area contributed by atoms with E-state index in [-0.39, 0.29) is 18.3 Å². The molecular formula is C20H31ClN2O. The third kappa shape index (κ3) is 4.52. The maximum Gasteiger partial charge on any atom is 0.230 e. The molecule has 3 nitrogen and oxygen atoms in total. The van der Waals surface area contributed by atoms with E-state index in [4.69, 9.17) is 0 Å². The van der Waals surface area contributed by atoms with Gasteiger partial charge in [0.1, 0.15) is 0 Å². The van der Waals surface area contributed by atoms with Crippen LogP contribution in [0.15, 0.2) is 30.3 Å². The van der Waals surface area contributed by atoms with E-state index in [1.165, 1.54) is 44.3 Å². The van der Waals surface area contributed by atoms with Crippen molar-refractivity contribution in [1.82, 2.24) is 9.80 Å². The number of hydrogen-bond donors (Lipinski definition) is 0. The smallest absolute Gasteiger partial charge is 0.230 e. The van der Waals surface area contributed by atoms with Crippen LogP contribution in [0.2, 0.25) is 0 Å². The molecule has 0 saturated carbocycles. The minimum Gasteiger partial charge on any atom is -0.338 e. The minimum absolute atomic E-state index is 0. The van der Waals surface area contributed by atoms with Crippen molar-refractivity contribution in [2.45, 2.75) is 57.4 Å². The third-order valence-electron chi connectivity index (χ3n) is 5.49. The molecule has 2 fully saturated rings. The first kappa shape index (κ1) is 19.3. The molecule has 1 amide bonds. The molecule has 0 aromatic heterocycles. The van der Waals surface area contributed by atoms with Crippen LogP contribution in [-0.4, -0.2) is 47.9 Å². The molecule has 2 unspecified atom stereocenters. The predicted molar refractivity (Wildman–Crippen MR) is 102 cm³/mol. The number of benzene rings is 1. The number of rotatable bonds is 5. The molecule has 0 bridgehead atoms. The van der Waals surface area contributed by atoms with Crippen molar-refractivity contribution in [3.8, 4) is 0 Å². The summed E-state index contributed by atoms with van der Waals surface area (Å²) in [6.45, 7) is 6.59. The quantitative estimate of drug-likeness (QED) is 0.798. The lowest BCUT2D eigenvalue weighted by atomic mass is 9.92. The Morgan fingerprint density at radius 3 is 2.42 bits per heavy atom. The van der Waals surface area contributed by atoms with Gasteiger partial charge in [-0.05, 0) is 57.2 Å². The van der Waals surface area contributed by atoms with Crippen LogP contribution in [0.3, 0.4) is 0 Å². The molecular weight excluding hydrogens is 320 g/mol. The maximum absolute atomic E-state index is 13.2. The van der Waals surface area contributed by atoms with E-state index in [0.717, 1.165) is 25.9 Å². The van der Waals surface area contributed by atoms with E-state index in [1.807, 2.05) is 18.2 Å². The Hall–Kier alpha value is -1.06. The Morgan fingerprint density at radius 2 is 1.75 bits per heavy atom. The summed E-state index contributed by atoms with van der Waals surface area (Å²) in [7, 11) is 0. The first-order valence-corrected chi connectivity index (χ1v) is 9.37. The van der Waals surface area contributed by atoms with Crippen molar-refractivity contribution >= 4 is 18.3 Å². The van der Waals surface area contributed by atoms with Gasteiger partial charge in [-0.3, -0.25) is 4.79 Å². The Morgan fingerprint density at radius 1 is 1.08 bits per heavy atom. The summed E-state index contributed by atoms with van der Waals surface area (Å²) < 4.78 is 0. The van der Waals surface area contributed by atoms with Crippen LogP contribution in [0.25, 0.3) is 0 Å². The number of likely N-dealkylation sites (tertiary alicyclic amines) is 2. The summed E-state index contributed by atoms with van der Waals surface area (Å²) in [5.74, 6) is 0.373. The fourth-order valence-corrected chi connectivity index (χ4v) is 4.18. The number of hydrogen-bond acceptors (Lipinski definition) is 2. The fraction of sp³-hybridized carbons (Fsp3) is 0.650. The highest BCUT2D eigenvalue weighted by Gasteiger charge is 2.32. The average molecular weight is 351 g/mol. The fourth-order valence-electron chi connectivity index (χ4n) is 4.18. The molecule has 1 aromatic rings. The summed E-state index contributed by atoms with van der Waals surface area (Å²) in [4.78, 5) is 18.0. The van der Waals surface area contributed by atoms with Crippen molar-refractivity contribution < 1.29 is 4.79 Å². The Bertz CT molecular complexity index is 502. The van der Waals surface area contributed by atoms with E-state index in [0.29, 0.717) is 11.9 Å². The molecule has 134 valence electrons. The first-order chi connectivity index (χ1) is 11.3. The van der Waals surface area contributed by atoms with Gasteiger partial charge in [-0.1, -0.05) is 37.3 Å². The lowest BCUT2D eigenvalue weighted by Crippen LogP contribution is -2.50. The maximum atomic E-state index is 13.2. The van der Waals surface area contributed by atoms with Crippen LogP contribution in [0, 0.1) is 0 Å². The van der Waals surface area contributed by atoms with Crippen LogP contribution < -0.4 is 0 Å². The minimum atomic E-state index is 0. The number of nitrogens with zero attached hydrogens (tertiary/aromatic N) is 2. The standard InChI is InChI=1S/C20H30N2O.ClH/c1-2-19(17-10-4-3-5-11-17)20(23)22-15-7-6-12-18(22)16-21-13-8-9-14-21;/h3-5,10-11,18-19H,2,6-9,12-16H2,1H3;1H. The average Bonchev–Trinajstić information content (AvgIpc) is 3.10. The van der Waals surface area contributed by atoms with Gasteiger partial charge in [0.2, 0.25) is 5.91 Å². The zero-order chi connectivity index (χ0) is 16.1. The zero-order valence-corrected chi connectivity index (χ0v) is 15.6. The van der Waals surface area contributed by atoms with Crippen LogP contribution in [0.4, 0.5) is 0 Å². The van der Waals surface area contributed by atoms with Crippen LogP contribution in [-0.2, 0) is 4.79 Å². The van der Waals surface area contributed by atoms with Crippen molar-refractivity contribution in [2.24, 2.45) is 0 Å². The zero-order valence-electron chi connectivity index (χ0n) is 14.8. The molecule has 2 saturated heterocycles. The summed E-state index contributed by atoms with van der Waals surface area (Å²) in [5.41, 5.74) is 1.17. The lowest BCUT2D eigenvalue weighted by molar-refractivity contribution is -0.137. The lowest BCUT2D eigenvalue weighted by Gasteiger charge is -2.39. The summed E-state index contributed by atoms with van der Waals surface area (Å²) in [6.07, 6.45) is 7.13. The molecule has 0 N–H and O–H groups in total. The van der Waals surface area contributed by atoms with E-state index < -0.39 is 0 Å². The van der Waals surface area contributed by atoms with E-state index in [9.17, 15) is 4.79 Å². The first-order valence-electron chi connectivity index (χ1n) is 9.37. The van der Waals surface area contributed by atoms with Gasteiger partial charge in [0.15, 0.2) is 0 Å². The van der Waals surface area contributed by atoms with E-state index in [1.54, 1.807) is 0 Å². The number of amides is 1. The molecule has 0 spiro atoms. The predicted octanol–water partition coefficient (Wildman–Crippen LogP) is 4.08. The van der Waals surface area contributed by atoms with Crippen LogP contribution >= 0.6 is 12.4 Å². The summed E-state index contributed by atoms with van der Waals surface area (Å²) in [6, 6.07) is 10.7. The monoisotopic (exact) mass is 350 g/mol. The second-order valence-corrected chi connectivity index (χ2v) is 7.06. The van der Waals surface area contributed by atoms with Crippen molar-refractivity contribution in [3.63, 3.8) is 0 Å². The second kappa shape index (κ2) is 9.43. The molecule has 2 aliphatic rings. The third-order valence-corrected chi connectivity index (χ3v) is 5.49. The number of piperidine rings is 1. The van der Waals surface area contributed by atoms with Crippen molar-refractivity contribution in [2.75, 3.05) is 26.2 Å². The normalized spacial score (nSPS) is 22.9. The molecule has 4 heteroatoms. The molecule has 1 aromatic carbocycles. The Labute approximate surface area is 152 Å². The van der Waals surface area contributed by atoms with E-state index in [2.05, 4.69) is 28.9 Å². The topological polar surface area (TPSA) is 23.6 Å². The van der Waals surface area contributed by atoms with Gasteiger partial charge >= 0.3 is 0 Å². The number of halogens is 1. The summed E-state index contributed by atoms with van der Waals surface area (Å²) in [5, 5.41) is 0. The molecule has 2 heterocycles. The molecule has 0 aliphatic carbocycles. The molecule has 0 radical (unpaired) electrons. The van der Waals surface area contributed by atoms with E-state index >= 15 is 0 Å². The molecule has 3 rings (SSSR count). The van der Waals surface area contributed by atoms with Gasteiger partial charge in [0.05, 0.1) is 5.92 Å². The second-order valence-electron chi connectivity index (χ2n) is 7.06. The molecule has 24 heavy (non-hydrogen) atoms. The van der Waals surface area contributed by atoms with Crippen molar-refractivity contribution in [3.05, 3.63) is 35.9 Å². The highest BCUT2D eigenvalue weighted by atomic mass is 35.5. The van der Waals surface area contributed by atoms with Crippen molar-refractivity contribution in [1.29, 1.82) is 0 Å². The van der Waals surface area contributed by atoms with Gasteiger partial charge in [-0.15, -0.1) is 12.4 Å². The highest BCUT2D eigenvalue weighted by Crippen LogP contribution is 2.27. The number of carbonyl (C=O) groups is 1. The van der Waals surface area contributed by atoms with Gasteiger partial charge < -0.3 is 9.80 Å². The van der Waals surface area contributed by atoms with Crippen LogP contribution in [0.5, 0.6) is 0 Å². The largest absolute Gasteiger partial charge is 0.338 e. The van der Waals surface area contributed by atoms with Gasteiger partial charge in [-0.2, -0.15) is 0 Å². The molecule has 2 atom stereocenters. The highest BCUT2D eigenvalue weighted by molar-refractivity contribution is 5.85. The summed E-state index contributed by atoms with van der Waals surface area (Å²) >= 11 is 0. The number of carbonyl (C=O) groups excluding carboxylic acids is 1. The Kier molecular flexibility index (Phi) is 7.57. The van der Waals surface area contributed by atoms with Gasteiger partial charge in [0, 0.05) is 19.1 Å².